The fraction of sp³-hybridized carbons (Fsp3) is 0.217. The van der Waals surface area contributed by atoms with Gasteiger partial charge in [-0.3, -0.25) is 0 Å². The monoisotopic (exact) mass is 493 g/mol. The molecule has 0 heterocycles. The second-order valence-electron chi connectivity index (χ2n) is 6.61. The maximum absolute atomic E-state index is 6.24. The first-order valence-corrected chi connectivity index (χ1v) is 10.7. The second-order valence-corrected chi connectivity index (χ2v) is 8.28. The van der Waals surface area contributed by atoms with Crippen molar-refractivity contribution in [2.75, 3.05) is 7.11 Å². The molecule has 1 N–H and O–H groups in total. The first-order chi connectivity index (χ1) is 14.0. The summed E-state index contributed by atoms with van der Waals surface area (Å²) >= 11 is 16.1. The SMILES string of the molecule is COc1cc(CN[C@H](C)c2ccccc2)cc(Br)c1OCc1c(Cl)cccc1Cl. The van der Waals surface area contributed by atoms with Crippen molar-refractivity contribution in [3.05, 3.63) is 91.9 Å². The molecule has 0 saturated heterocycles. The fourth-order valence-corrected chi connectivity index (χ4v) is 4.07. The summed E-state index contributed by atoms with van der Waals surface area (Å²) in [5.41, 5.74) is 3.07. The third kappa shape index (κ3) is 5.67. The van der Waals surface area contributed by atoms with Crippen LogP contribution in [0.2, 0.25) is 10.0 Å². The molecule has 1 atom stereocenters. The number of hydrogen-bond acceptors (Lipinski definition) is 3. The molecule has 3 rings (SSSR count). The Morgan fingerprint density at radius 3 is 2.34 bits per heavy atom. The predicted molar refractivity (Wildman–Crippen MR) is 123 cm³/mol. The third-order valence-electron chi connectivity index (χ3n) is 4.62. The minimum absolute atomic E-state index is 0.235. The number of halogens is 3. The number of rotatable bonds is 8. The molecule has 0 aliphatic carbocycles. The smallest absolute Gasteiger partial charge is 0.175 e. The molecule has 6 heteroatoms. The average molecular weight is 495 g/mol. The van der Waals surface area contributed by atoms with Gasteiger partial charge in [-0.15, -0.1) is 0 Å². The normalized spacial score (nSPS) is 11.9. The van der Waals surface area contributed by atoms with Crippen molar-refractivity contribution in [3.63, 3.8) is 0 Å². The highest BCUT2D eigenvalue weighted by Crippen LogP contribution is 2.38. The van der Waals surface area contributed by atoms with Crippen molar-refractivity contribution < 1.29 is 9.47 Å². The molecule has 0 aromatic heterocycles. The van der Waals surface area contributed by atoms with Gasteiger partial charge in [0.15, 0.2) is 11.5 Å². The first kappa shape index (κ1) is 22.0. The number of nitrogens with one attached hydrogen (secondary N) is 1. The van der Waals surface area contributed by atoms with Gasteiger partial charge in [-0.25, -0.2) is 0 Å². The summed E-state index contributed by atoms with van der Waals surface area (Å²) in [5, 5.41) is 4.68. The standard InChI is InChI=1S/C23H22BrCl2NO2/c1-15(17-7-4-3-5-8-17)27-13-16-11-19(24)23(22(12-16)28-2)29-14-18-20(25)9-6-10-21(18)26/h3-12,15,27H,13-14H2,1-2H3/t15-/m1/s1. The Morgan fingerprint density at radius 1 is 1.00 bits per heavy atom. The van der Waals surface area contributed by atoms with Gasteiger partial charge in [-0.1, -0.05) is 59.6 Å². The van der Waals surface area contributed by atoms with Gasteiger partial charge in [0.05, 0.1) is 11.6 Å². The van der Waals surface area contributed by atoms with Crippen molar-refractivity contribution in [3.8, 4) is 11.5 Å². The molecular formula is C23H22BrCl2NO2. The maximum Gasteiger partial charge on any atom is 0.175 e. The molecule has 0 radical (unpaired) electrons. The predicted octanol–water partition coefficient (Wildman–Crippen LogP) is 7.19. The van der Waals surface area contributed by atoms with Crippen LogP contribution in [0.5, 0.6) is 11.5 Å². The van der Waals surface area contributed by atoms with Crippen LogP contribution in [0.4, 0.5) is 0 Å². The van der Waals surface area contributed by atoms with E-state index in [1.165, 1.54) is 5.56 Å². The molecule has 29 heavy (non-hydrogen) atoms. The lowest BCUT2D eigenvalue weighted by atomic mass is 10.1. The third-order valence-corrected chi connectivity index (χ3v) is 5.92. The Bertz CT molecular complexity index is 946. The summed E-state index contributed by atoms with van der Waals surface area (Å²) in [6.45, 7) is 3.09. The zero-order valence-corrected chi connectivity index (χ0v) is 19.3. The maximum atomic E-state index is 6.24. The van der Waals surface area contributed by atoms with E-state index in [-0.39, 0.29) is 12.6 Å². The summed E-state index contributed by atoms with van der Waals surface area (Å²) in [7, 11) is 1.63. The van der Waals surface area contributed by atoms with Crippen LogP contribution in [0.15, 0.2) is 65.1 Å². The Kier molecular flexibility index (Phi) is 7.84. The Hall–Kier alpha value is -1.72. The topological polar surface area (TPSA) is 30.5 Å². The van der Waals surface area contributed by atoms with E-state index in [4.69, 9.17) is 32.7 Å². The molecule has 0 fully saturated rings. The molecule has 0 bridgehead atoms. The van der Waals surface area contributed by atoms with E-state index in [0.717, 1.165) is 15.6 Å². The molecule has 3 nitrogen and oxygen atoms in total. The summed E-state index contributed by atoms with van der Waals surface area (Å²) < 4.78 is 12.4. The van der Waals surface area contributed by atoms with E-state index >= 15 is 0 Å². The zero-order valence-electron chi connectivity index (χ0n) is 16.2. The lowest BCUT2D eigenvalue weighted by molar-refractivity contribution is 0.282. The molecular weight excluding hydrogens is 473 g/mol. The molecule has 0 saturated carbocycles. The van der Waals surface area contributed by atoms with Crippen molar-refractivity contribution in [2.24, 2.45) is 0 Å². The molecule has 0 aliphatic rings. The van der Waals surface area contributed by atoms with Crippen LogP contribution in [-0.4, -0.2) is 7.11 Å². The highest BCUT2D eigenvalue weighted by atomic mass is 79.9. The molecule has 3 aromatic carbocycles. The lowest BCUT2D eigenvalue weighted by Crippen LogP contribution is -2.18. The van der Waals surface area contributed by atoms with Crippen LogP contribution < -0.4 is 14.8 Å². The van der Waals surface area contributed by atoms with Gasteiger partial charge in [0.1, 0.15) is 6.61 Å². The number of ether oxygens (including phenoxy) is 2. The number of methoxy groups -OCH3 is 1. The van der Waals surface area contributed by atoms with E-state index in [1.807, 2.05) is 36.4 Å². The molecule has 0 spiro atoms. The summed E-state index contributed by atoms with van der Waals surface area (Å²) in [5.74, 6) is 1.26. The van der Waals surface area contributed by atoms with Crippen LogP contribution in [0.25, 0.3) is 0 Å². The summed E-state index contributed by atoms with van der Waals surface area (Å²) in [6, 6.07) is 20.0. The van der Waals surface area contributed by atoms with Crippen LogP contribution >= 0.6 is 39.1 Å². The summed E-state index contributed by atoms with van der Waals surface area (Å²) in [4.78, 5) is 0. The average Bonchev–Trinajstić information content (AvgIpc) is 2.73. The van der Waals surface area contributed by atoms with Gasteiger partial charge >= 0.3 is 0 Å². The summed E-state index contributed by atoms with van der Waals surface area (Å²) in [6.07, 6.45) is 0. The Morgan fingerprint density at radius 2 is 1.69 bits per heavy atom. The highest BCUT2D eigenvalue weighted by Gasteiger charge is 2.15. The van der Waals surface area contributed by atoms with Crippen molar-refractivity contribution >= 4 is 39.1 Å². The number of hydrogen-bond donors (Lipinski definition) is 1. The molecule has 0 amide bonds. The van der Waals surface area contributed by atoms with E-state index in [1.54, 1.807) is 19.2 Å². The fourth-order valence-electron chi connectivity index (χ4n) is 2.96. The van der Waals surface area contributed by atoms with Crippen molar-refractivity contribution in [1.29, 1.82) is 0 Å². The van der Waals surface area contributed by atoms with E-state index in [2.05, 4.69) is 40.3 Å². The minimum Gasteiger partial charge on any atom is -0.493 e. The second kappa shape index (κ2) is 10.4. The van der Waals surface area contributed by atoms with Crippen LogP contribution in [0.1, 0.15) is 29.7 Å². The highest BCUT2D eigenvalue weighted by molar-refractivity contribution is 9.10. The van der Waals surface area contributed by atoms with Crippen LogP contribution in [0.3, 0.4) is 0 Å². The van der Waals surface area contributed by atoms with Gasteiger partial charge in [0.25, 0.3) is 0 Å². The quantitative estimate of drug-likeness (QED) is 0.359. The van der Waals surface area contributed by atoms with Gasteiger partial charge in [0, 0.05) is 28.2 Å². The van der Waals surface area contributed by atoms with Gasteiger partial charge in [0.2, 0.25) is 0 Å². The van der Waals surface area contributed by atoms with Crippen LogP contribution in [-0.2, 0) is 13.2 Å². The molecule has 3 aromatic rings. The zero-order chi connectivity index (χ0) is 20.8. The number of benzene rings is 3. The van der Waals surface area contributed by atoms with Gasteiger partial charge in [-0.2, -0.15) is 0 Å². The van der Waals surface area contributed by atoms with Crippen molar-refractivity contribution in [2.45, 2.75) is 26.1 Å². The van der Waals surface area contributed by atoms with E-state index < -0.39 is 0 Å². The Labute approximate surface area is 190 Å². The van der Waals surface area contributed by atoms with Crippen molar-refractivity contribution in [1.82, 2.24) is 5.32 Å². The van der Waals surface area contributed by atoms with Gasteiger partial charge < -0.3 is 14.8 Å². The first-order valence-electron chi connectivity index (χ1n) is 9.20. The Balaban J connectivity index is 1.72. The minimum atomic E-state index is 0.235. The molecule has 0 aliphatic heterocycles. The lowest BCUT2D eigenvalue weighted by Gasteiger charge is -2.17. The van der Waals surface area contributed by atoms with E-state index in [0.29, 0.717) is 28.1 Å². The molecule has 152 valence electrons. The van der Waals surface area contributed by atoms with Gasteiger partial charge in [-0.05, 0) is 58.2 Å². The largest absolute Gasteiger partial charge is 0.493 e. The molecule has 0 unspecified atom stereocenters. The van der Waals surface area contributed by atoms with E-state index in [9.17, 15) is 0 Å². The van der Waals surface area contributed by atoms with Crippen LogP contribution in [0, 0.1) is 0 Å².